The van der Waals surface area contributed by atoms with Crippen molar-refractivity contribution in [2.75, 3.05) is 0 Å². The van der Waals surface area contributed by atoms with Crippen LogP contribution in [0.25, 0.3) is 82.9 Å². The van der Waals surface area contributed by atoms with Gasteiger partial charge in [-0.2, -0.15) is 0 Å². The van der Waals surface area contributed by atoms with Crippen LogP contribution < -0.4 is 0 Å². The van der Waals surface area contributed by atoms with Gasteiger partial charge in [0.2, 0.25) is 0 Å². The zero-order chi connectivity index (χ0) is 28.3. The van der Waals surface area contributed by atoms with Crippen molar-refractivity contribution in [3.63, 3.8) is 0 Å². The molecule has 1 aliphatic rings. The van der Waals surface area contributed by atoms with Crippen LogP contribution in [0.5, 0.6) is 0 Å². The summed E-state index contributed by atoms with van der Waals surface area (Å²) < 4.78 is 6.55. The molecule has 1 heteroatoms. The van der Waals surface area contributed by atoms with Crippen LogP contribution in [0, 0.1) is 0 Å². The summed E-state index contributed by atoms with van der Waals surface area (Å²) in [7, 11) is 0. The monoisotopic (exact) mass is 548 g/mol. The number of hydrogen-bond acceptors (Lipinski definition) is 1. The first kappa shape index (κ1) is 24.2. The number of aryl methyl sites for hydroxylation is 1. The minimum absolute atomic E-state index is 0.921. The minimum Gasteiger partial charge on any atom is -0.455 e. The Morgan fingerprint density at radius 1 is 0.465 bits per heavy atom. The third-order valence-electron chi connectivity index (χ3n) is 9.11. The standard InChI is InChI=1S/C42H28O/c1-2-12-28-25-30(24-23-27(28)11-1)29-13-9-14-31(26-29)40-33-16-3-5-18-35(33)41(36-19-6-4-17-34(36)40)38-21-10-20-37-32-15-7-8-22-39(32)43-42(37)38/h2-10,12-26H,1,11H2. The zero-order valence-electron chi connectivity index (χ0n) is 23.7. The molecule has 202 valence electrons. The molecule has 0 bridgehead atoms. The highest BCUT2D eigenvalue weighted by atomic mass is 16.3. The van der Waals surface area contributed by atoms with Gasteiger partial charge >= 0.3 is 0 Å². The smallest absolute Gasteiger partial charge is 0.143 e. The lowest BCUT2D eigenvalue weighted by molar-refractivity contribution is 0.670. The molecular weight excluding hydrogens is 520 g/mol. The van der Waals surface area contributed by atoms with Gasteiger partial charge in [0.25, 0.3) is 0 Å². The van der Waals surface area contributed by atoms with Gasteiger partial charge in [-0.1, -0.05) is 127 Å². The zero-order valence-corrected chi connectivity index (χ0v) is 23.7. The predicted molar refractivity (Wildman–Crippen MR) is 182 cm³/mol. The summed E-state index contributed by atoms with van der Waals surface area (Å²) in [5, 5.41) is 7.25. The lowest BCUT2D eigenvalue weighted by Gasteiger charge is -2.18. The molecule has 0 amide bonds. The molecule has 0 saturated heterocycles. The third kappa shape index (κ3) is 3.78. The number of rotatable bonds is 3. The molecule has 1 aliphatic carbocycles. The molecular formula is C42H28O. The largest absolute Gasteiger partial charge is 0.455 e. The number of furan rings is 1. The molecule has 1 aromatic heterocycles. The van der Waals surface area contributed by atoms with Crippen LogP contribution in [-0.2, 0) is 6.42 Å². The van der Waals surface area contributed by atoms with E-state index in [2.05, 4.69) is 140 Å². The molecule has 8 aromatic rings. The van der Waals surface area contributed by atoms with Crippen molar-refractivity contribution in [2.24, 2.45) is 0 Å². The lowest BCUT2D eigenvalue weighted by Crippen LogP contribution is -1.94. The fourth-order valence-electron chi connectivity index (χ4n) is 7.13. The SMILES string of the molecule is C1=Cc2cc(-c3cccc(-c4c5ccccc5c(-c5cccc6c5oc5ccccc56)c5ccccc45)c3)ccc2CC1. The Labute approximate surface area is 250 Å². The van der Waals surface area contributed by atoms with E-state index in [9.17, 15) is 0 Å². The Balaban J connectivity index is 1.32. The van der Waals surface area contributed by atoms with Crippen LogP contribution in [-0.4, -0.2) is 0 Å². The Bertz CT molecular complexity index is 2340. The molecule has 0 atom stereocenters. The van der Waals surface area contributed by atoms with Crippen molar-refractivity contribution in [2.45, 2.75) is 12.8 Å². The first-order valence-corrected chi connectivity index (χ1v) is 15.1. The van der Waals surface area contributed by atoms with Gasteiger partial charge in [-0.05, 0) is 86.0 Å². The lowest BCUT2D eigenvalue weighted by atomic mass is 9.85. The van der Waals surface area contributed by atoms with E-state index < -0.39 is 0 Å². The van der Waals surface area contributed by atoms with Crippen molar-refractivity contribution < 1.29 is 4.42 Å². The average molecular weight is 549 g/mol. The number of allylic oxidation sites excluding steroid dienone is 1. The van der Waals surface area contributed by atoms with Gasteiger partial charge in [-0.25, -0.2) is 0 Å². The van der Waals surface area contributed by atoms with Gasteiger partial charge in [-0.3, -0.25) is 0 Å². The molecule has 0 radical (unpaired) electrons. The number of para-hydroxylation sites is 2. The second kappa shape index (κ2) is 9.58. The van der Waals surface area contributed by atoms with Gasteiger partial charge in [0.05, 0.1) is 0 Å². The van der Waals surface area contributed by atoms with Crippen LogP contribution >= 0.6 is 0 Å². The highest BCUT2D eigenvalue weighted by Gasteiger charge is 2.20. The fourth-order valence-corrected chi connectivity index (χ4v) is 7.13. The Morgan fingerprint density at radius 2 is 1.09 bits per heavy atom. The molecule has 1 nitrogen and oxygen atoms in total. The Kier molecular flexibility index (Phi) is 5.39. The van der Waals surface area contributed by atoms with Gasteiger partial charge < -0.3 is 4.42 Å². The van der Waals surface area contributed by atoms with E-state index in [1.54, 1.807) is 0 Å². The number of fused-ring (bicyclic) bond motifs is 6. The van der Waals surface area contributed by atoms with E-state index in [4.69, 9.17) is 4.42 Å². The van der Waals surface area contributed by atoms with Crippen LogP contribution in [0.3, 0.4) is 0 Å². The molecule has 0 spiro atoms. The molecule has 43 heavy (non-hydrogen) atoms. The predicted octanol–water partition coefficient (Wildman–Crippen LogP) is 11.9. The number of benzene rings is 7. The highest BCUT2D eigenvalue weighted by Crippen LogP contribution is 2.46. The summed E-state index contributed by atoms with van der Waals surface area (Å²) in [5.41, 5.74) is 12.0. The van der Waals surface area contributed by atoms with E-state index in [1.807, 2.05) is 6.07 Å². The molecule has 7 aromatic carbocycles. The van der Waals surface area contributed by atoms with E-state index in [0.717, 1.165) is 40.3 Å². The second-order valence-electron chi connectivity index (χ2n) is 11.6. The summed E-state index contributed by atoms with van der Waals surface area (Å²) in [6.45, 7) is 0. The molecule has 0 unspecified atom stereocenters. The fraction of sp³-hybridized carbons (Fsp3) is 0.0476. The van der Waals surface area contributed by atoms with Crippen molar-refractivity contribution in [1.82, 2.24) is 0 Å². The van der Waals surface area contributed by atoms with Crippen LogP contribution in [0.2, 0.25) is 0 Å². The summed E-state index contributed by atoms with van der Waals surface area (Å²) in [6.07, 6.45) is 6.81. The van der Waals surface area contributed by atoms with Crippen molar-refractivity contribution >= 4 is 49.6 Å². The van der Waals surface area contributed by atoms with Crippen molar-refractivity contribution in [3.05, 3.63) is 151 Å². The molecule has 9 rings (SSSR count). The first-order valence-electron chi connectivity index (χ1n) is 15.1. The highest BCUT2D eigenvalue weighted by molar-refractivity contribution is 6.24. The Morgan fingerprint density at radius 3 is 1.88 bits per heavy atom. The topological polar surface area (TPSA) is 13.1 Å². The van der Waals surface area contributed by atoms with Gasteiger partial charge in [0.15, 0.2) is 0 Å². The molecule has 0 saturated carbocycles. The van der Waals surface area contributed by atoms with Crippen molar-refractivity contribution in [3.8, 4) is 33.4 Å². The first-order chi connectivity index (χ1) is 21.3. The van der Waals surface area contributed by atoms with E-state index in [0.29, 0.717) is 0 Å². The van der Waals surface area contributed by atoms with Gasteiger partial charge in [0, 0.05) is 21.9 Å². The molecule has 0 N–H and O–H groups in total. The van der Waals surface area contributed by atoms with Crippen molar-refractivity contribution in [1.29, 1.82) is 0 Å². The maximum atomic E-state index is 6.55. The molecule has 1 heterocycles. The van der Waals surface area contributed by atoms with Gasteiger partial charge in [0.1, 0.15) is 11.2 Å². The second-order valence-corrected chi connectivity index (χ2v) is 11.6. The average Bonchev–Trinajstić information content (AvgIpc) is 3.46. The van der Waals surface area contributed by atoms with Crippen LogP contribution in [0.15, 0.2) is 144 Å². The van der Waals surface area contributed by atoms with E-state index in [-0.39, 0.29) is 0 Å². The maximum Gasteiger partial charge on any atom is 0.143 e. The van der Waals surface area contributed by atoms with Gasteiger partial charge in [-0.15, -0.1) is 0 Å². The quantitative estimate of drug-likeness (QED) is 0.200. The summed E-state index contributed by atoms with van der Waals surface area (Å²) >= 11 is 0. The molecule has 0 aliphatic heterocycles. The summed E-state index contributed by atoms with van der Waals surface area (Å²) in [5.74, 6) is 0. The summed E-state index contributed by atoms with van der Waals surface area (Å²) in [6, 6.07) is 48.6. The third-order valence-corrected chi connectivity index (χ3v) is 9.11. The maximum absolute atomic E-state index is 6.55. The van der Waals surface area contributed by atoms with E-state index in [1.165, 1.54) is 60.5 Å². The number of hydrogen-bond donors (Lipinski definition) is 0. The van der Waals surface area contributed by atoms with Crippen LogP contribution in [0.1, 0.15) is 17.5 Å². The normalized spacial score (nSPS) is 12.8. The minimum atomic E-state index is 0.921. The van der Waals surface area contributed by atoms with E-state index >= 15 is 0 Å². The Hall–Kier alpha value is -5.40. The molecule has 0 fully saturated rings. The summed E-state index contributed by atoms with van der Waals surface area (Å²) in [4.78, 5) is 0. The van der Waals surface area contributed by atoms with Crippen LogP contribution in [0.4, 0.5) is 0 Å².